The zero-order valence-electron chi connectivity index (χ0n) is 11.5. The van der Waals surface area contributed by atoms with Gasteiger partial charge >= 0.3 is 0 Å². The van der Waals surface area contributed by atoms with Crippen LogP contribution in [0.3, 0.4) is 0 Å². The summed E-state index contributed by atoms with van der Waals surface area (Å²) in [7, 11) is 0. The van der Waals surface area contributed by atoms with Crippen LogP contribution in [0.5, 0.6) is 0 Å². The van der Waals surface area contributed by atoms with E-state index < -0.39 is 0 Å². The zero-order chi connectivity index (χ0) is 14.3. The summed E-state index contributed by atoms with van der Waals surface area (Å²) in [5.41, 5.74) is 10.4. The summed E-state index contributed by atoms with van der Waals surface area (Å²) in [6.45, 7) is 4.37. The molecule has 0 aliphatic carbocycles. The van der Waals surface area contributed by atoms with Gasteiger partial charge in [0, 0.05) is 4.47 Å². The molecule has 0 aliphatic rings. The summed E-state index contributed by atoms with van der Waals surface area (Å²) in [5.74, 6) is 0.946. The Hall–Kier alpha value is -1.81. The smallest absolute Gasteiger partial charge is 0.205 e. The van der Waals surface area contributed by atoms with Gasteiger partial charge in [0.15, 0.2) is 0 Å². The van der Waals surface area contributed by atoms with Crippen molar-refractivity contribution in [3.05, 3.63) is 52.5 Å². The highest BCUT2D eigenvalue weighted by Crippen LogP contribution is 2.30. The molecule has 0 radical (unpaired) electrons. The lowest BCUT2D eigenvalue weighted by molar-refractivity contribution is 0.851. The van der Waals surface area contributed by atoms with Gasteiger partial charge in [-0.15, -0.1) is 0 Å². The maximum Gasteiger partial charge on any atom is 0.205 e. The molecule has 1 heterocycles. The van der Waals surface area contributed by atoms with Crippen LogP contribution in [0.25, 0.3) is 16.7 Å². The molecule has 0 bridgehead atoms. The van der Waals surface area contributed by atoms with Crippen LogP contribution < -0.4 is 5.73 Å². The molecule has 0 aliphatic heterocycles. The molecular formula is C16H16BrN3. The molecule has 4 heteroatoms. The van der Waals surface area contributed by atoms with Crippen molar-refractivity contribution in [3.63, 3.8) is 0 Å². The predicted octanol–water partition coefficient (Wildman–Crippen LogP) is 4.49. The molecular weight excluding hydrogens is 314 g/mol. The summed E-state index contributed by atoms with van der Waals surface area (Å²) in [6, 6.07) is 14.3. The van der Waals surface area contributed by atoms with E-state index >= 15 is 0 Å². The van der Waals surface area contributed by atoms with Crippen molar-refractivity contribution in [1.82, 2.24) is 9.55 Å². The molecule has 0 spiro atoms. The lowest BCUT2D eigenvalue weighted by Crippen LogP contribution is -2.04. The fraction of sp³-hybridized carbons (Fsp3) is 0.188. The molecule has 2 aromatic carbocycles. The Morgan fingerprint density at radius 1 is 1.15 bits per heavy atom. The van der Waals surface area contributed by atoms with E-state index in [1.165, 1.54) is 5.56 Å². The van der Waals surface area contributed by atoms with E-state index in [-0.39, 0.29) is 0 Å². The van der Waals surface area contributed by atoms with Gasteiger partial charge in [0.2, 0.25) is 5.95 Å². The topological polar surface area (TPSA) is 43.8 Å². The Morgan fingerprint density at radius 3 is 2.65 bits per heavy atom. The van der Waals surface area contributed by atoms with Crippen molar-refractivity contribution in [2.75, 3.05) is 5.73 Å². The number of nitrogens with zero attached hydrogens (tertiary/aromatic N) is 2. The molecule has 0 amide bonds. The number of aromatic nitrogens is 2. The van der Waals surface area contributed by atoms with Gasteiger partial charge in [-0.3, -0.25) is 4.57 Å². The average Bonchev–Trinajstić information content (AvgIpc) is 2.74. The maximum absolute atomic E-state index is 6.14. The lowest BCUT2D eigenvalue weighted by atomic mass is 10.0. The van der Waals surface area contributed by atoms with Crippen molar-refractivity contribution in [2.24, 2.45) is 0 Å². The number of fused-ring (bicyclic) bond motifs is 1. The van der Waals surface area contributed by atoms with Gasteiger partial charge in [0.25, 0.3) is 0 Å². The van der Waals surface area contributed by atoms with Crippen LogP contribution in [0, 0.1) is 0 Å². The number of hydrogen-bond donors (Lipinski definition) is 1. The average molecular weight is 330 g/mol. The fourth-order valence-corrected chi connectivity index (χ4v) is 2.85. The SMILES string of the molecule is CC(C)c1ccccc1-n1c(N)nc2ccc(Br)cc21. The number of hydrogen-bond acceptors (Lipinski definition) is 2. The summed E-state index contributed by atoms with van der Waals surface area (Å²) in [6.07, 6.45) is 0. The first kappa shape index (κ1) is 13.2. The maximum atomic E-state index is 6.14. The number of benzene rings is 2. The van der Waals surface area contributed by atoms with E-state index in [0.717, 1.165) is 21.2 Å². The third-order valence-corrected chi connectivity index (χ3v) is 3.94. The Bertz CT molecular complexity index is 774. The van der Waals surface area contributed by atoms with E-state index in [9.17, 15) is 0 Å². The number of nitrogens with two attached hydrogens (primary N) is 1. The molecule has 1 aromatic heterocycles. The van der Waals surface area contributed by atoms with Crippen LogP contribution in [0.2, 0.25) is 0 Å². The molecule has 0 saturated carbocycles. The highest BCUT2D eigenvalue weighted by Gasteiger charge is 2.14. The number of para-hydroxylation sites is 1. The third kappa shape index (κ3) is 2.10. The van der Waals surface area contributed by atoms with Gasteiger partial charge in [-0.1, -0.05) is 48.0 Å². The first-order valence-electron chi connectivity index (χ1n) is 6.60. The summed E-state index contributed by atoms with van der Waals surface area (Å²) in [5, 5.41) is 0. The third-order valence-electron chi connectivity index (χ3n) is 3.44. The van der Waals surface area contributed by atoms with Crippen LogP contribution in [-0.4, -0.2) is 9.55 Å². The molecule has 3 aromatic rings. The molecule has 0 saturated heterocycles. The summed E-state index contributed by atoms with van der Waals surface area (Å²) < 4.78 is 3.04. The number of nitrogen functional groups attached to an aromatic ring is 1. The van der Waals surface area contributed by atoms with Gasteiger partial charge in [-0.05, 0) is 35.7 Å². The second kappa shape index (κ2) is 4.94. The molecule has 3 nitrogen and oxygen atoms in total. The molecule has 0 unspecified atom stereocenters. The number of halogens is 1. The van der Waals surface area contributed by atoms with Gasteiger partial charge in [-0.2, -0.15) is 0 Å². The zero-order valence-corrected chi connectivity index (χ0v) is 13.1. The van der Waals surface area contributed by atoms with Crippen molar-refractivity contribution in [3.8, 4) is 5.69 Å². The monoisotopic (exact) mass is 329 g/mol. The Kier molecular flexibility index (Phi) is 3.26. The molecule has 3 rings (SSSR count). The molecule has 0 fully saturated rings. The Balaban J connectivity index is 2.35. The molecule has 0 atom stereocenters. The van der Waals surface area contributed by atoms with Crippen molar-refractivity contribution in [2.45, 2.75) is 19.8 Å². The first-order chi connectivity index (χ1) is 9.58. The Labute approximate surface area is 126 Å². The minimum Gasteiger partial charge on any atom is -0.369 e. The minimum absolute atomic E-state index is 0.426. The molecule has 102 valence electrons. The van der Waals surface area contributed by atoms with E-state index in [2.05, 4.69) is 59.0 Å². The Morgan fingerprint density at radius 2 is 1.90 bits per heavy atom. The second-order valence-corrected chi connectivity index (χ2v) is 6.07. The van der Waals surface area contributed by atoms with Gasteiger partial charge in [0.1, 0.15) is 0 Å². The largest absolute Gasteiger partial charge is 0.369 e. The van der Waals surface area contributed by atoms with E-state index in [0.29, 0.717) is 11.9 Å². The number of anilines is 1. The van der Waals surface area contributed by atoms with Crippen molar-refractivity contribution in [1.29, 1.82) is 0 Å². The quantitative estimate of drug-likeness (QED) is 0.752. The van der Waals surface area contributed by atoms with Gasteiger partial charge < -0.3 is 5.73 Å². The number of rotatable bonds is 2. The minimum atomic E-state index is 0.426. The standard InChI is InChI=1S/C16H16BrN3/c1-10(2)12-5-3-4-6-14(12)20-15-9-11(17)7-8-13(15)19-16(20)18/h3-10H,1-2H3,(H2,18,19). The van der Waals surface area contributed by atoms with Crippen LogP contribution in [0.15, 0.2) is 46.9 Å². The van der Waals surface area contributed by atoms with E-state index in [4.69, 9.17) is 5.73 Å². The highest BCUT2D eigenvalue weighted by atomic mass is 79.9. The lowest BCUT2D eigenvalue weighted by Gasteiger charge is -2.15. The normalized spacial score (nSPS) is 11.4. The number of imidazole rings is 1. The van der Waals surface area contributed by atoms with Crippen molar-refractivity contribution < 1.29 is 0 Å². The predicted molar refractivity (Wildman–Crippen MR) is 87.3 cm³/mol. The van der Waals surface area contributed by atoms with Gasteiger partial charge in [-0.25, -0.2) is 4.98 Å². The van der Waals surface area contributed by atoms with E-state index in [1.807, 2.05) is 22.8 Å². The summed E-state index contributed by atoms with van der Waals surface area (Å²) in [4.78, 5) is 4.45. The second-order valence-electron chi connectivity index (χ2n) is 5.15. The summed E-state index contributed by atoms with van der Waals surface area (Å²) >= 11 is 3.51. The highest BCUT2D eigenvalue weighted by molar-refractivity contribution is 9.10. The molecule has 20 heavy (non-hydrogen) atoms. The first-order valence-corrected chi connectivity index (χ1v) is 7.40. The van der Waals surface area contributed by atoms with Crippen LogP contribution in [0.1, 0.15) is 25.3 Å². The van der Waals surface area contributed by atoms with Crippen LogP contribution in [-0.2, 0) is 0 Å². The van der Waals surface area contributed by atoms with Gasteiger partial charge in [0.05, 0.1) is 16.7 Å². The molecule has 2 N–H and O–H groups in total. The van der Waals surface area contributed by atoms with Crippen LogP contribution in [0.4, 0.5) is 5.95 Å². The van der Waals surface area contributed by atoms with Crippen LogP contribution >= 0.6 is 15.9 Å². The van der Waals surface area contributed by atoms with Crippen molar-refractivity contribution >= 4 is 32.9 Å². The fourth-order valence-electron chi connectivity index (χ4n) is 2.50. The van der Waals surface area contributed by atoms with E-state index in [1.54, 1.807) is 0 Å².